The predicted octanol–water partition coefficient (Wildman–Crippen LogP) is 6.12. The average molecular weight is 760 g/mol. The Morgan fingerprint density at radius 2 is 1.57 bits per heavy atom. The summed E-state index contributed by atoms with van der Waals surface area (Å²) >= 11 is 0. The third kappa shape index (κ3) is 8.47. The molecule has 7 rings (SSSR count). The van der Waals surface area contributed by atoms with Crippen LogP contribution in [0.3, 0.4) is 0 Å². The Morgan fingerprint density at radius 3 is 2.28 bits per heavy atom. The number of fused-ring (bicyclic) bond motifs is 2. The first-order chi connectivity index (χ1) is 25.4. The highest BCUT2D eigenvalue weighted by atomic mass is 32.2. The minimum Gasteiger partial charge on any atom is -0.341 e. The average Bonchev–Trinajstić information content (AvgIpc) is 3.74. The van der Waals surface area contributed by atoms with Crippen molar-refractivity contribution in [3.8, 4) is 0 Å². The largest absolute Gasteiger partial charge is 0.341 e. The number of hydrogen-bond donors (Lipinski definition) is 2. The topological polar surface area (TPSA) is 110 Å². The number of hydrogen-bond acceptors (Lipinski definition) is 7. The van der Waals surface area contributed by atoms with Gasteiger partial charge in [0.25, 0.3) is 0 Å². The molecule has 3 aromatic rings. The van der Waals surface area contributed by atoms with Crippen LogP contribution in [-0.4, -0.2) is 110 Å². The second kappa shape index (κ2) is 15.5. The first-order valence-corrected chi connectivity index (χ1v) is 24.9. The maximum atomic E-state index is 14.3. The van der Waals surface area contributed by atoms with Gasteiger partial charge in [-0.3, -0.25) is 4.79 Å². The van der Waals surface area contributed by atoms with Crippen molar-refractivity contribution in [1.29, 1.82) is 0 Å². The first-order valence-electron chi connectivity index (χ1n) is 19.6. The second-order valence-electron chi connectivity index (χ2n) is 16.7. The molecule has 3 fully saturated rings. The summed E-state index contributed by atoms with van der Waals surface area (Å²) in [5.41, 5.74) is 3.69. The molecule has 0 bridgehead atoms. The summed E-state index contributed by atoms with van der Waals surface area (Å²) < 4.78 is 28.0. The van der Waals surface area contributed by atoms with Crippen LogP contribution in [0.25, 0.3) is 10.9 Å². The number of para-hydroxylation sites is 2. The molecule has 4 aliphatic rings. The molecule has 0 radical (unpaired) electrons. The van der Waals surface area contributed by atoms with Crippen LogP contribution < -0.4 is 15.5 Å². The summed E-state index contributed by atoms with van der Waals surface area (Å²) in [5, 5.41) is 7.36. The molecule has 1 aromatic heterocycles. The van der Waals surface area contributed by atoms with Crippen LogP contribution in [0.15, 0.2) is 67.1 Å². The quantitative estimate of drug-likeness (QED) is 0.240. The van der Waals surface area contributed by atoms with E-state index >= 15 is 0 Å². The van der Waals surface area contributed by atoms with Gasteiger partial charge in [-0.25, -0.2) is 17.2 Å². The van der Waals surface area contributed by atoms with E-state index in [0.29, 0.717) is 50.2 Å². The zero-order chi connectivity index (χ0) is 37.3. The van der Waals surface area contributed by atoms with Gasteiger partial charge < -0.3 is 30.2 Å². The van der Waals surface area contributed by atoms with Gasteiger partial charge in [-0.15, -0.1) is 0 Å². The lowest BCUT2D eigenvalue weighted by molar-refractivity contribution is -0.134. The Bertz CT molecular complexity index is 1920. The van der Waals surface area contributed by atoms with Gasteiger partial charge in [0, 0.05) is 64.3 Å². The fraction of sp³-hybridized carbons (Fsp3) is 0.550. The third-order valence-corrected chi connectivity index (χ3v) is 15.4. The van der Waals surface area contributed by atoms with Crippen molar-refractivity contribution in [1.82, 2.24) is 24.0 Å². The lowest BCUT2D eigenvalue weighted by Gasteiger charge is -2.41. The Labute approximate surface area is 316 Å². The van der Waals surface area contributed by atoms with Crippen molar-refractivity contribution in [2.45, 2.75) is 95.2 Å². The van der Waals surface area contributed by atoms with E-state index < -0.39 is 24.1 Å². The molecule has 3 amide bonds. The van der Waals surface area contributed by atoms with Crippen LogP contribution in [0, 0.1) is 0 Å². The number of nitrogens with one attached hydrogen (secondary N) is 2. The molecule has 11 nitrogen and oxygen atoms in total. The summed E-state index contributed by atoms with van der Waals surface area (Å²) in [7, 11) is -5.04. The van der Waals surface area contributed by atoms with Crippen molar-refractivity contribution in [3.63, 3.8) is 0 Å². The summed E-state index contributed by atoms with van der Waals surface area (Å²) in [5.74, 6) is 0.938. The molecule has 4 aliphatic heterocycles. The molecule has 0 saturated carbocycles. The molecule has 286 valence electrons. The van der Waals surface area contributed by atoms with E-state index in [0.717, 1.165) is 66.9 Å². The highest BCUT2D eigenvalue weighted by Gasteiger charge is 2.36. The summed E-state index contributed by atoms with van der Waals surface area (Å²) in [4.78, 5) is 36.9. The highest BCUT2D eigenvalue weighted by Crippen LogP contribution is 2.39. The Morgan fingerprint density at radius 1 is 0.887 bits per heavy atom. The van der Waals surface area contributed by atoms with Crippen LogP contribution in [-0.2, 0) is 21.2 Å². The molecule has 2 N–H and O–H groups in total. The number of aromatic nitrogens is 1. The van der Waals surface area contributed by atoms with Gasteiger partial charge in [-0.2, -0.15) is 0 Å². The van der Waals surface area contributed by atoms with Gasteiger partial charge in [0.2, 0.25) is 15.9 Å². The summed E-state index contributed by atoms with van der Waals surface area (Å²) in [6, 6.07) is 16.2. The van der Waals surface area contributed by atoms with Gasteiger partial charge in [-0.1, -0.05) is 50.8 Å². The van der Waals surface area contributed by atoms with E-state index in [1.807, 2.05) is 46.2 Å². The number of carbonyl (C=O) groups excluding carboxylic acids is 2. The maximum absolute atomic E-state index is 14.3. The third-order valence-electron chi connectivity index (χ3n) is 11.7. The SMILES string of the molecule is C=C1Nc2ccccc2N1C1CCN(C(=O)NC(Cc2ccc3c(ccn3S(=O)(=O)CC[Si](C)(C)C)c2)C(=O)N2CCC(N3CCCCC3)CC2)CC1. The van der Waals surface area contributed by atoms with Crippen LogP contribution in [0.5, 0.6) is 0 Å². The maximum Gasteiger partial charge on any atom is 0.318 e. The molecular formula is C40H57N7O4SSi. The molecule has 2 aromatic carbocycles. The van der Waals surface area contributed by atoms with Gasteiger partial charge in [0.15, 0.2) is 0 Å². The number of anilines is 2. The number of rotatable bonds is 10. The van der Waals surface area contributed by atoms with E-state index in [9.17, 15) is 18.0 Å². The van der Waals surface area contributed by atoms with Crippen LogP contribution >= 0.6 is 0 Å². The van der Waals surface area contributed by atoms with Crippen LogP contribution in [0.1, 0.15) is 50.5 Å². The fourth-order valence-corrected chi connectivity index (χ4v) is 13.0. The molecule has 5 heterocycles. The van der Waals surface area contributed by atoms with Crippen molar-refractivity contribution in [3.05, 3.63) is 72.7 Å². The monoisotopic (exact) mass is 759 g/mol. The summed E-state index contributed by atoms with van der Waals surface area (Å²) in [6.45, 7) is 15.6. The minimum atomic E-state index is -3.50. The van der Waals surface area contributed by atoms with Gasteiger partial charge in [0.05, 0.1) is 22.6 Å². The Balaban J connectivity index is 1.05. The molecule has 0 spiro atoms. The van der Waals surface area contributed by atoms with E-state index in [1.165, 1.54) is 23.2 Å². The Kier molecular flexibility index (Phi) is 11.0. The second-order valence-corrected chi connectivity index (χ2v) is 24.3. The normalized spacial score (nSPS) is 20.1. The zero-order valence-electron chi connectivity index (χ0n) is 31.7. The van der Waals surface area contributed by atoms with Crippen molar-refractivity contribution < 1.29 is 18.0 Å². The van der Waals surface area contributed by atoms with E-state index in [2.05, 4.69) is 58.8 Å². The smallest absolute Gasteiger partial charge is 0.318 e. The number of urea groups is 1. The lowest BCUT2D eigenvalue weighted by atomic mass is 9.98. The van der Waals surface area contributed by atoms with E-state index in [1.54, 1.807) is 6.20 Å². The van der Waals surface area contributed by atoms with Crippen LogP contribution in [0.4, 0.5) is 16.2 Å². The molecule has 1 unspecified atom stereocenters. The first kappa shape index (κ1) is 37.5. The molecule has 13 heteroatoms. The van der Waals surface area contributed by atoms with Crippen molar-refractivity contribution in [2.75, 3.05) is 55.2 Å². The number of piperidine rings is 3. The molecule has 1 atom stereocenters. The van der Waals surface area contributed by atoms with E-state index in [4.69, 9.17) is 0 Å². The highest BCUT2D eigenvalue weighted by molar-refractivity contribution is 7.90. The number of benzene rings is 2. The summed E-state index contributed by atoms with van der Waals surface area (Å²) in [6.07, 6.45) is 9.25. The molecule has 53 heavy (non-hydrogen) atoms. The van der Waals surface area contributed by atoms with Gasteiger partial charge >= 0.3 is 6.03 Å². The molecular weight excluding hydrogens is 703 g/mol. The van der Waals surface area contributed by atoms with Gasteiger partial charge in [-0.05, 0) is 93.6 Å². The number of likely N-dealkylation sites (tertiary alicyclic amines) is 3. The predicted molar refractivity (Wildman–Crippen MR) is 217 cm³/mol. The van der Waals surface area contributed by atoms with Crippen molar-refractivity contribution in [2.24, 2.45) is 0 Å². The van der Waals surface area contributed by atoms with Crippen molar-refractivity contribution >= 4 is 52.3 Å². The zero-order valence-corrected chi connectivity index (χ0v) is 33.5. The van der Waals surface area contributed by atoms with Crippen LogP contribution in [0.2, 0.25) is 25.7 Å². The minimum absolute atomic E-state index is 0.0482. The number of amides is 3. The van der Waals surface area contributed by atoms with E-state index in [-0.39, 0.29) is 23.7 Å². The Hall–Kier alpha value is -3.81. The lowest BCUT2D eigenvalue weighted by Crippen LogP contribution is -2.57. The molecule has 3 saturated heterocycles. The molecule has 0 aliphatic carbocycles. The number of carbonyl (C=O) groups is 2. The standard InChI is InChI=1S/C40H57N7O4SSi/c1-30-41-35-10-6-7-11-38(35)47(30)34-17-23-45(24-18-34)40(49)42-36(39(48)44-21-15-33(16-22-44)43-19-8-5-9-20-43)29-31-12-13-37-32(28-31)14-25-46(37)52(50,51)26-27-53(2,3)4/h6-7,10-14,25,28,33-34,36,41H,1,5,8-9,15-24,26-27,29H2,2-4H3,(H,42,49). The van der Waals surface area contributed by atoms with Gasteiger partial charge in [0.1, 0.15) is 11.9 Å². The fourth-order valence-electron chi connectivity index (χ4n) is 8.60. The number of nitrogens with zero attached hydrogens (tertiary/aromatic N) is 5.